The van der Waals surface area contributed by atoms with Crippen molar-refractivity contribution in [2.45, 2.75) is 76.9 Å². The number of nitriles is 2. The number of benzene rings is 4. The third-order valence-electron chi connectivity index (χ3n) is 10.6. The zero-order valence-electron chi connectivity index (χ0n) is 31.2. The second kappa shape index (κ2) is 16.7. The number of amides is 1. The average molecular weight is 762 g/mol. The van der Waals surface area contributed by atoms with Gasteiger partial charge in [0.15, 0.2) is 0 Å². The predicted molar refractivity (Wildman–Crippen MR) is 209 cm³/mol. The SMILES string of the molecule is Cc1c(OCCCN2CC(C)(F)C2)cccc1-c1cccc2c1CC[C@@H]2Oc1cc(OCc2cc(C#N)cc(C#N)c2)c(CN[C@H]2CCC(=O)NC2)cc1Cl. The Bertz CT molecular complexity index is 2110. The monoisotopic (exact) mass is 761 g/mol. The van der Waals surface area contributed by atoms with Gasteiger partial charge < -0.3 is 24.8 Å². The number of nitrogens with zero attached hydrogens (tertiary/aromatic N) is 3. The number of ether oxygens (including phenoxy) is 3. The van der Waals surface area contributed by atoms with Crippen LogP contribution in [0.4, 0.5) is 4.39 Å². The molecular weight excluding hydrogens is 717 g/mol. The molecule has 0 aromatic heterocycles. The smallest absolute Gasteiger partial charge is 0.220 e. The van der Waals surface area contributed by atoms with E-state index >= 15 is 0 Å². The number of rotatable bonds is 14. The van der Waals surface area contributed by atoms with Crippen molar-refractivity contribution in [1.29, 1.82) is 10.5 Å². The zero-order chi connectivity index (χ0) is 38.5. The van der Waals surface area contributed by atoms with Gasteiger partial charge in [0.25, 0.3) is 0 Å². The Morgan fingerprint density at radius 1 is 0.964 bits per heavy atom. The molecule has 4 aromatic carbocycles. The average Bonchev–Trinajstić information content (AvgIpc) is 3.59. The van der Waals surface area contributed by atoms with Crippen molar-refractivity contribution in [2.75, 3.05) is 32.8 Å². The third kappa shape index (κ3) is 9.06. The number of likely N-dealkylation sites (tertiary alicyclic amines) is 1. The number of piperidine rings is 1. The largest absolute Gasteiger partial charge is 0.493 e. The standard InChI is InChI=1S/C44H45ClFN5O4/c1-28-34(6-4-9-39(28)53-15-5-14-51-26-44(2,46)27-51)35-7-3-8-37-36(35)11-12-40(37)55-42-20-41(54-25-31-17-29(21-47)16-30(18-31)22-48)32(19-38(42)45)23-49-33-10-13-43(52)50-24-33/h3-4,6-9,16-20,33,40,49H,5,10-15,23-27H2,1-2H3,(H,50,52)/t33-,40-/m0/s1. The quantitative estimate of drug-likeness (QED) is 0.125. The lowest BCUT2D eigenvalue weighted by Gasteiger charge is -2.42. The van der Waals surface area contributed by atoms with Gasteiger partial charge in [-0.2, -0.15) is 10.5 Å². The summed E-state index contributed by atoms with van der Waals surface area (Å²) in [6.07, 6.45) is 3.42. The first-order valence-corrected chi connectivity index (χ1v) is 19.3. The number of alkyl halides is 1. The Labute approximate surface area is 326 Å². The molecular formula is C44H45ClFN5O4. The molecule has 284 valence electrons. The molecule has 0 saturated carbocycles. The van der Waals surface area contributed by atoms with Crippen molar-refractivity contribution in [3.8, 4) is 40.5 Å². The van der Waals surface area contributed by atoms with E-state index < -0.39 is 5.67 Å². The van der Waals surface area contributed by atoms with E-state index in [1.54, 1.807) is 25.1 Å². The normalized spacial score (nSPS) is 18.7. The van der Waals surface area contributed by atoms with Crippen LogP contribution in [0.25, 0.3) is 11.1 Å². The van der Waals surface area contributed by atoms with Crippen LogP contribution in [0.1, 0.15) is 77.7 Å². The summed E-state index contributed by atoms with van der Waals surface area (Å²) in [5.74, 6) is 1.97. The lowest BCUT2D eigenvalue weighted by Crippen LogP contribution is -2.57. The van der Waals surface area contributed by atoms with Crippen LogP contribution in [0.15, 0.2) is 66.7 Å². The zero-order valence-corrected chi connectivity index (χ0v) is 32.0. The molecule has 2 aliphatic heterocycles. The minimum atomic E-state index is -1.06. The highest BCUT2D eigenvalue weighted by Gasteiger charge is 2.38. The van der Waals surface area contributed by atoms with Crippen LogP contribution < -0.4 is 24.8 Å². The Hall–Kier alpha value is -5.13. The van der Waals surface area contributed by atoms with Gasteiger partial charge in [-0.3, -0.25) is 9.69 Å². The number of hydrogen-bond donors (Lipinski definition) is 2. The van der Waals surface area contributed by atoms with Crippen molar-refractivity contribution in [3.05, 3.63) is 111 Å². The van der Waals surface area contributed by atoms with Crippen molar-refractivity contribution in [1.82, 2.24) is 15.5 Å². The minimum absolute atomic E-state index is 0.0549. The molecule has 2 atom stereocenters. The van der Waals surface area contributed by atoms with Crippen LogP contribution in [0.2, 0.25) is 5.02 Å². The van der Waals surface area contributed by atoms with Gasteiger partial charge in [0, 0.05) is 56.8 Å². The van der Waals surface area contributed by atoms with Gasteiger partial charge >= 0.3 is 0 Å². The van der Waals surface area contributed by atoms with E-state index in [9.17, 15) is 19.7 Å². The molecule has 11 heteroatoms. The molecule has 2 saturated heterocycles. The van der Waals surface area contributed by atoms with Crippen LogP contribution in [0.3, 0.4) is 0 Å². The van der Waals surface area contributed by atoms with E-state index in [0.717, 1.165) is 65.8 Å². The Balaban J connectivity index is 1.08. The molecule has 7 rings (SSSR count). The first kappa shape index (κ1) is 38.2. The summed E-state index contributed by atoms with van der Waals surface area (Å²) in [7, 11) is 0. The van der Waals surface area contributed by atoms with Crippen molar-refractivity contribution >= 4 is 17.5 Å². The molecule has 1 aliphatic carbocycles. The summed E-state index contributed by atoms with van der Waals surface area (Å²) in [5, 5.41) is 25.9. The van der Waals surface area contributed by atoms with Crippen LogP contribution in [0, 0.1) is 29.6 Å². The van der Waals surface area contributed by atoms with Gasteiger partial charge in [-0.15, -0.1) is 0 Å². The van der Waals surface area contributed by atoms with Crippen LogP contribution in [-0.2, 0) is 24.4 Å². The number of halogens is 2. The first-order chi connectivity index (χ1) is 26.6. The summed E-state index contributed by atoms with van der Waals surface area (Å²) in [6, 6.07) is 25.5. The number of carbonyl (C=O) groups excluding carboxylic acids is 1. The van der Waals surface area contributed by atoms with Crippen molar-refractivity contribution in [2.24, 2.45) is 0 Å². The second-order valence-electron chi connectivity index (χ2n) is 15.0. The van der Waals surface area contributed by atoms with Gasteiger partial charge in [-0.1, -0.05) is 41.9 Å². The Morgan fingerprint density at radius 3 is 2.45 bits per heavy atom. The highest BCUT2D eigenvalue weighted by molar-refractivity contribution is 6.32. The van der Waals surface area contributed by atoms with E-state index in [4.69, 9.17) is 25.8 Å². The number of fused-ring (bicyclic) bond motifs is 1. The molecule has 3 aliphatic rings. The van der Waals surface area contributed by atoms with Gasteiger partial charge in [-0.25, -0.2) is 4.39 Å². The van der Waals surface area contributed by atoms with Gasteiger partial charge in [0.1, 0.15) is 35.6 Å². The summed E-state index contributed by atoms with van der Waals surface area (Å²) >= 11 is 6.93. The molecule has 55 heavy (non-hydrogen) atoms. The minimum Gasteiger partial charge on any atom is -0.493 e. The van der Waals surface area contributed by atoms with E-state index in [0.29, 0.717) is 72.4 Å². The molecule has 2 heterocycles. The van der Waals surface area contributed by atoms with E-state index in [-0.39, 0.29) is 24.7 Å². The maximum atomic E-state index is 13.9. The van der Waals surface area contributed by atoms with Crippen molar-refractivity contribution < 1.29 is 23.4 Å². The third-order valence-corrected chi connectivity index (χ3v) is 10.9. The summed E-state index contributed by atoms with van der Waals surface area (Å²) < 4.78 is 33.2. The molecule has 0 radical (unpaired) electrons. The van der Waals surface area contributed by atoms with E-state index in [1.165, 1.54) is 5.56 Å². The molecule has 0 unspecified atom stereocenters. The van der Waals surface area contributed by atoms with Crippen LogP contribution >= 0.6 is 11.6 Å². The molecule has 0 bridgehead atoms. The predicted octanol–water partition coefficient (Wildman–Crippen LogP) is 7.88. The van der Waals surface area contributed by atoms with E-state index in [1.807, 2.05) is 24.3 Å². The fourth-order valence-electron chi connectivity index (χ4n) is 7.89. The number of hydrogen-bond acceptors (Lipinski definition) is 8. The fourth-order valence-corrected chi connectivity index (χ4v) is 8.12. The topological polar surface area (TPSA) is 120 Å². The number of carbonyl (C=O) groups is 1. The van der Waals surface area contributed by atoms with Crippen LogP contribution in [0.5, 0.6) is 17.2 Å². The van der Waals surface area contributed by atoms with Crippen molar-refractivity contribution in [3.63, 3.8) is 0 Å². The molecule has 0 spiro atoms. The van der Waals surface area contributed by atoms with Gasteiger partial charge in [0.2, 0.25) is 5.91 Å². The molecule has 1 amide bonds. The highest BCUT2D eigenvalue weighted by atomic mass is 35.5. The van der Waals surface area contributed by atoms with Gasteiger partial charge in [0.05, 0.1) is 34.9 Å². The Morgan fingerprint density at radius 2 is 1.73 bits per heavy atom. The van der Waals surface area contributed by atoms with Gasteiger partial charge in [-0.05, 0) is 103 Å². The maximum Gasteiger partial charge on any atom is 0.220 e. The lowest BCUT2D eigenvalue weighted by atomic mass is 9.93. The van der Waals surface area contributed by atoms with Crippen LogP contribution in [-0.4, -0.2) is 55.3 Å². The molecule has 9 nitrogen and oxygen atoms in total. The van der Waals surface area contributed by atoms with E-state index in [2.05, 4.69) is 58.9 Å². The second-order valence-corrected chi connectivity index (χ2v) is 15.4. The molecule has 2 N–H and O–H groups in total. The number of nitrogens with one attached hydrogen (secondary N) is 2. The fraction of sp³-hybridized carbons (Fsp3) is 0.386. The molecule has 2 fully saturated rings. The summed E-state index contributed by atoms with van der Waals surface area (Å²) in [6.45, 7) is 7.24. The highest BCUT2D eigenvalue weighted by Crippen LogP contribution is 2.44. The maximum absolute atomic E-state index is 13.9. The lowest BCUT2D eigenvalue weighted by molar-refractivity contribution is -0.122. The summed E-state index contributed by atoms with van der Waals surface area (Å²) in [4.78, 5) is 13.8. The molecule has 4 aromatic rings. The first-order valence-electron chi connectivity index (χ1n) is 18.9. The summed E-state index contributed by atoms with van der Waals surface area (Å²) in [5.41, 5.74) is 6.92. The Kier molecular flexibility index (Phi) is 11.6.